The lowest BCUT2D eigenvalue weighted by Gasteiger charge is -2.10. The molecule has 164 valence electrons. The quantitative estimate of drug-likeness (QED) is 0.539. The summed E-state index contributed by atoms with van der Waals surface area (Å²) in [6.07, 6.45) is -0.0780. The van der Waals surface area contributed by atoms with E-state index in [1.165, 1.54) is 0 Å². The molecule has 1 N–H and O–H groups in total. The molecule has 0 aliphatic carbocycles. The number of carbonyl (C=O) groups is 1. The van der Waals surface area contributed by atoms with E-state index in [9.17, 15) is 13.2 Å². The zero-order valence-electron chi connectivity index (χ0n) is 18.2. The number of sulfone groups is 1. The van der Waals surface area contributed by atoms with Crippen LogP contribution in [0.4, 0.5) is 5.82 Å². The normalized spacial score (nSPS) is 11.6. The molecule has 1 heterocycles. The molecule has 0 aliphatic rings. The molecule has 0 atom stereocenters. The second-order valence-corrected chi connectivity index (χ2v) is 10.5. The molecule has 1 aromatic heterocycles. The van der Waals surface area contributed by atoms with Crippen molar-refractivity contribution in [3.63, 3.8) is 0 Å². The molecule has 0 saturated heterocycles. The van der Waals surface area contributed by atoms with Gasteiger partial charge in [0.2, 0.25) is 5.91 Å². The van der Waals surface area contributed by atoms with Crippen molar-refractivity contribution in [1.29, 1.82) is 0 Å². The number of aryl methyl sites for hydroxylation is 1. The van der Waals surface area contributed by atoms with Gasteiger partial charge in [-0.1, -0.05) is 67.9 Å². The molecule has 0 spiro atoms. The Morgan fingerprint density at radius 1 is 1.06 bits per heavy atom. The van der Waals surface area contributed by atoms with Crippen molar-refractivity contribution < 1.29 is 13.2 Å². The average molecular weight is 440 g/mol. The number of hydrogen-bond acceptors (Lipinski definition) is 4. The van der Waals surface area contributed by atoms with Crippen LogP contribution in [0.15, 0.2) is 60.7 Å². The van der Waals surface area contributed by atoms with Gasteiger partial charge in [0.25, 0.3) is 0 Å². The number of benzene rings is 2. The zero-order chi connectivity index (χ0) is 22.4. The van der Waals surface area contributed by atoms with Crippen LogP contribution in [0.5, 0.6) is 0 Å². The van der Waals surface area contributed by atoms with E-state index < -0.39 is 9.84 Å². The Labute approximate surface area is 184 Å². The second kappa shape index (κ2) is 9.92. The van der Waals surface area contributed by atoms with Crippen molar-refractivity contribution in [1.82, 2.24) is 9.78 Å². The maximum Gasteiger partial charge on any atom is 0.226 e. The largest absolute Gasteiger partial charge is 0.311 e. The van der Waals surface area contributed by atoms with Crippen LogP contribution in [-0.4, -0.2) is 35.6 Å². The van der Waals surface area contributed by atoms with E-state index in [-0.39, 0.29) is 29.8 Å². The average Bonchev–Trinajstić information content (AvgIpc) is 3.09. The summed E-state index contributed by atoms with van der Waals surface area (Å²) in [5.74, 6) is 0.180. The number of hydrogen-bond donors (Lipinski definition) is 1. The number of rotatable bonds is 9. The summed E-state index contributed by atoms with van der Waals surface area (Å²) in [5, 5.41) is 7.56. The lowest BCUT2D eigenvalue weighted by Crippen LogP contribution is -2.22. The Bertz CT molecular complexity index is 1140. The van der Waals surface area contributed by atoms with Crippen molar-refractivity contribution in [2.45, 2.75) is 33.7 Å². The fourth-order valence-electron chi connectivity index (χ4n) is 3.38. The molecule has 0 fully saturated rings. The van der Waals surface area contributed by atoms with Gasteiger partial charge >= 0.3 is 0 Å². The second-order valence-electron chi connectivity index (χ2n) is 8.23. The van der Waals surface area contributed by atoms with E-state index >= 15 is 0 Å². The Morgan fingerprint density at radius 2 is 1.81 bits per heavy atom. The molecule has 0 bridgehead atoms. The highest BCUT2D eigenvalue weighted by atomic mass is 32.2. The molecule has 3 aromatic rings. The standard InChI is InChI=1S/C24H29N3O3S/c1-18(2)17-31(29,30)13-12-24(28)25-23-15-22(21-11-7-8-19(3)14-21)26-27(23)16-20-9-5-4-6-10-20/h4-11,14-15,18H,12-13,16-17H2,1-3H3,(H,25,28). The SMILES string of the molecule is Cc1cccc(-c2cc(NC(=O)CCS(=O)(=O)CC(C)C)n(Cc3ccccc3)n2)c1. The molecule has 7 heteroatoms. The molecule has 3 rings (SSSR count). The van der Waals surface area contributed by atoms with Gasteiger partial charge in [0.05, 0.1) is 23.7 Å². The van der Waals surface area contributed by atoms with Crippen molar-refractivity contribution in [2.24, 2.45) is 5.92 Å². The lowest BCUT2D eigenvalue weighted by molar-refractivity contribution is -0.115. The molecule has 2 aromatic carbocycles. The number of aromatic nitrogens is 2. The molecular weight excluding hydrogens is 410 g/mol. The summed E-state index contributed by atoms with van der Waals surface area (Å²) in [7, 11) is -3.25. The van der Waals surface area contributed by atoms with Crippen molar-refractivity contribution in [3.8, 4) is 11.3 Å². The first-order valence-corrected chi connectivity index (χ1v) is 12.2. The smallest absolute Gasteiger partial charge is 0.226 e. The minimum absolute atomic E-state index is 0.0391. The molecule has 0 unspecified atom stereocenters. The molecule has 31 heavy (non-hydrogen) atoms. The Kier molecular flexibility index (Phi) is 7.28. The first kappa shape index (κ1) is 22.7. The van der Waals surface area contributed by atoms with Crippen LogP contribution < -0.4 is 5.32 Å². The predicted octanol–water partition coefficient (Wildman–Crippen LogP) is 4.31. The predicted molar refractivity (Wildman–Crippen MR) is 125 cm³/mol. The molecule has 6 nitrogen and oxygen atoms in total. The maximum atomic E-state index is 12.5. The maximum absolute atomic E-state index is 12.5. The minimum Gasteiger partial charge on any atom is -0.311 e. The van der Waals surface area contributed by atoms with Crippen LogP contribution in [0.25, 0.3) is 11.3 Å². The molecule has 0 radical (unpaired) electrons. The third kappa shape index (κ3) is 6.79. The zero-order valence-corrected chi connectivity index (χ0v) is 19.0. The van der Waals surface area contributed by atoms with E-state index in [1.807, 2.05) is 81.4 Å². The highest BCUT2D eigenvalue weighted by Crippen LogP contribution is 2.24. The minimum atomic E-state index is -3.25. The summed E-state index contributed by atoms with van der Waals surface area (Å²) < 4.78 is 26.0. The fraction of sp³-hybridized carbons (Fsp3) is 0.333. The van der Waals surface area contributed by atoms with Gasteiger partial charge in [-0.15, -0.1) is 0 Å². The summed E-state index contributed by atoms with van der Waals surface area (Å²) in [6, 6.07) is 19.7. The van der Waals surface area contributed by atoms with Crippen molar-refractivity contribution in [2.75, 3.05) is 16.8 Å². The van der Waals surface area contributed by atoms with E-state index in [0.29, 0.717) is 12.4 Å². The van der Waals surface area contributed by atoms with Gasteiger partial charge in [0.1, 0.15) is 5.82 Å². The van der Waals surface area contributed by atoms with Crippen LogP contribution in [0.1, 0.15) is 31.4 Å². The van der Waals surface area contributed by atoms with E-state index in [4.69, 9.17) is 5.10 Å². The fourth-order valence-corrected chi connectivity index (χ4v) is 5.06. The van der Waals surface area contributed by atoms with Crippen LogP contribution >= 0.6 is 0 Å². The van der Waals surface area contributed by atoms with Crippen molar-refractivity contribution >= 4 is 21.6 Å². The molecular formula is C24H29N3O3S. The number of anilines is 1. The number of nitrogens with zero attached hydrogens (tertiary/aromatic N) is 2. The van der Waals surface area contributed by atoms with Crippen LogP contribution in [0, 0.1) is 12.8 Å². The van der Waals surface area contributed by atoms with Gasteiger partial charge in [-0.2, -0.15) is 5.10 Å². The monoisotopic (exact) mass is 439 g/mol. The topological polar surface area (TPSA) is 81.1 Å². The van der Waals surface area contributed by atoms with Gasteiger partial charge < -0.3 is 5.32 Å². The van der Waals surface area contributed by atoms with Crippen LogP contribution in [0.2, 0.25) is 0 Å². The summed E-state index contributed by atoms with van der Waals surface area (Å²) in [5.41, 5.74) is 3.89. The highest BCUT2D eigenvalue weighted by molar-refractivity contribution is 7.91. The number of nitrogens with one attached hydrogen (secondary N) is 1. The first-order valence-electron chi connectivity index (χ1n) is 10.4. The van der Waals surface area contributed by atoms with Gasteiger partial charge in [-0.05, 0) is 24.5 Å². The molecule has 1 amide bonds. The Morgan fingerprint density at radius 3 is 2.48 bits per heavy atom. The van der Waals surface area contributed by atoms with E-state index in [0.717, 1.165) is 22.4 Å². The van der Waals surface area contributed by atoms with Gasteiger partial charge in [0, 0.05) is 18.1 Å². The highest BCUT2D eigenvalue weighted by Gasteiger charge is 2.17. The van der Waals surface area contributed by atoms with Gasteiger partial charge in [-0.25, -0.2) is 13.1 Å². The van der Waals surface area contributed by atoms with Gasteiger partial charge in [-0.3, -0.25) is 4.79 Å². The Balaban J connectivity index is 1.81. The summed E-state index contributed by atoms with van der Waals surface area (Å²) >= 11 is 0. The van der Waals surface area contributed by atoms with E-state index in [1.54, 1.807) is 4.68 Å². The third-order valence-electron chi connectivity index (χ3n) is 4.76. The molecule has 0 aliphatic heterocycles. The van der Waals surface area contributed by atoms with E-state index in [2.05, 4.69) is 5.32 Å². The lowest BCUT2D eigenvalue weighted by atomic mass is 10.1. The van der Waals surface area contributed by atoms with Crippen LogP contribution in [-0.2, 0) is 21.2 Å². The van der Waals surface area contributed by atoms with Crippen molar-refractivity contribution in [3.05, 3.63) is 71.8 Å². The summed E-state index contributed by atoms with van der Waals surface area (Å²) in [4.78, 5) is 12.5. The van der Waals surface area contributed by atoms with Gasteiger partial charge in [0.15, 0.2) is 9.84 Å². The number of carbonyl (C=O) groups excluding carboxylic acids is 1. The third-order valence-corrected chi connectivity index (χ3v) is 6.76. The summed E-state index contributed by atoms with van der Waals surface area (Å²) in [6.45, 7) is 6.22. The molecule has 0 saturated carbocycles. The Hall–Kier alpha value is -2.93. The number of amides is 1. The van der Waals surface area contributed by atoms with Crippen LogP contribution in [0.3, 0.4) is 0 Å². The first-order chi connectivity index (χ1) is 14.7.